The molecule has 0 saturated carbocycles. The highest BCUT2D eigenvalue weighted by Crippen LogP contribution is 2.34. The molecule has 2 aliphatic rings. The van der Waals surface area contributed by atoms with Crippen LogP contribution in [0.1, 0.15) is 34.2 Å². The first-order valence-corrected chi connectivity index (χ1v) is 11.7. The van der Waals surface area contributed by atoms with E-state index in [0.717, 1.165) is 22.5 Å². The first-order chi connectivity index (χ1) is 16.8. The minimum atomic E-state index is -0.622. The van der Waals surface area contributed by atoms with E-state index in [-0.39, 0.29) is 11.7 Å². The Morgan fingerprint density at radius 2 is 1.89 bits per heavy atom. The molecule has 5 rings (SSSR count). The third kappa shape index (κ3) is 4.56. The Kier molecular flexibility index (Phi) is 6.12. The molecule has 0 radical (unpaired) electrons. The number of carbonyl (C=O) groups excluding carboxylic acids is 1. The number of carbonyl (C=O) groups is 1. The lowest BCUT2D eigenvalue weighted by atomic mass is 10.00. The van der Waals surface area contributed by atoms with Crippen molar-refractivity contribution in [3.63, 3.8) is 0 Å². The smallest absolute Gasteiger partial charge is 0.274 e. The van der Waals surface area contributed by atoms with Crippen LogP contribution in [0.4, 0.5) is 4.39 Å². The predicted molar refractivity (Wildman–Crippen MR) is 133 cm³/mol. The number of aliphatic imine (C=N–C) groups is 1. The minimum Gasteiger partial charge on any atom is -0.360 e. The molecule has 1 unspecified atom stereocenters. The normalized spacial score (nSPS) is 20.7. The fraction of sp³-hybridized carbons (Fsp3) is 0.280. The van der Waals surface area contributed by atoms with Gasteiger partial charge in [0.25, 0.3) is 5.91 Å². The van der Waals surface area contributed by atoms with Crippen LogP contribution in [-0.4, -0.2) is 68.9 Å². The maximum atomic E-state index is 13.6. The number of pyridine rings is 1. The number of H-pyrrole nitrogens is 1. The largest absolute Gasteiger partial charge is 0.360 e. The molecule has 0 aliphatic carbocycles. The quantitative estimate of drug-likeness (QED) is 0.580. The SMILES string of the molecule is Cc1cc(C(=O)N2CCN(C3(C)C=NC(c4ccc(F)cc4)=C(c4ccncc4Cl)N3)CC2)n[nH]1. The number of hydrogen-bond acceptors (Lipinski definition) is 6. The monoisotopic (exact) mass is 493 g/mol. The number of halogens is 2. The number of aromatic amines is 1. The summed E-state index contributed by atoms with van der Waals surface area (Å²) >= 11 is 6.51. The molecule has 2 N–H and O–H groups in total. The van der Waals surface area contributed by atoms with Gasteiger partial charge in [0, 0.05) is 61.6 Å². The summed E-state index contributed by atoms with van der Waals surface area (Å²) < 4.78 is 13.6. The van der Waals surface area contributed by atoms with Gasteiger partial charge in [-0.25, -0.2) is 4.39 Å². The topological polar surface area (TPSA) is 89.5 Å². The van der Waals surface area contributed by atoms with Gasteiger partial charge in [-0.3, -0.25) is 24.8 Å². The first-order valence-electron chi connectivity index (χ1n) is 11.3. The van der Waals surface area contributed by atoms with E-state index in [0.29, 0.717) is 42.6 Å². The van der Waals surface area contributed by atoms with Crippen LogP contribution in [0.25, 0.3) is 11.4 Å². The number of nitrogens with one attached hydrogen (secondary N) is 2. The Hall–Kier alpha value is -3.56. The van der Waals surface area contributed by atoms with Gasteiger partial charge in [0.15, 0.2) is 0 Å². The summed E-state index contributed by atoms with van der Waals surface area (Å²) in [5, 5.41) is 11.0. The maximum absolute atomic E-state index is 13.6. The van der Waals surface area contributed by atoms with E-state index < -0.39 is 5.66 Å². The van der Waals surface area contributed by atoms with Crippen molar-refractivity contribution in [2.45, 2.75) is 19.5 Å². The van der Waals surface area contributed by atoms with Crippen LogP contribution < -0.4 is 5.32 Å². The summed E-state index contributed by atoms with van der Waals surface area (Å²) in [7, 11) is 0. The summed E-state index contributed by atoms with van der Waals surface area (Å²) in [5.41, 5.74) is 3.59. The van der Waals surface area contributed by atoms with E-state index in [4.69, 9.17) is 16.6 Å². The fourth-order valence-corrected chi connectivity index (χ4v) is 4.64. The van der Waals surface area contributed by atoms with Crippen molar-refractivity contribution in [1.82, 2.24) is 30.3 Å². The van der Waals surface area contributed by atoms with Crippen molar-refractivity contribution >= 4 is 35.1 Å². The Balaban J connectivity index is 1.40. The van der Waals surface area contributed by atoms with Gasteiger partial charge >= 0.3 is 0 Å². The second-order valence-corrected chi connectivity index (χ2v) is 9.24. The molecule has 180 valence electrons. The number of aromatic nitrogens is 3. The lowest BCUT2D eigenvalue weighted by Crippen LogP contribution is -2.63. The zero-order chi connectivity index (χ0) is 24.6. The average molecular weight is 494 g/mol. The molecule has 1 atom stereocenters. The van der Waals surface area contributed by atoms with Crippen molar-refractivity contribution < 1.29 is 9.18 Å². The summed E-state index contributed by atoms with van der Waals surface area (Å²) in [6.07, 6.45) is 5.12. The van der Waals surface area contributed by atoms with Gasteiger partial charge in [0.05, 0.1) is 16.4 Å². The number of amides is 1. The van der Waals surface area contributed by atoms with Gasteiger partial charge in [0.2, 0.25) is 0 Å². The Bertz CT molecular complexity index is 1310. The molecule has 3 aromatic rings. The molecule has 1 fully saturated rings. The molecular weight excluding hydrogens is 469 g/mol. The molecule has 35 heavy (non-hydrogen) atoms. The average Bonchev–Trinajstić information content (AvgIpc) is 3.31. The zero-order valence-corrected chi connectivity index (χ0v) is 20.2. The van der Waals surface area contributed by atoms with E-state index in [1.54, 1.807) is 30.6 Å². The summed E-state index contributed by atoms with van der Waals surface area (Å²) in [6.45, 7) is 6.34. The fourth-order valence-electron chi connectivity index (χ4n) is 4.42. The highest BCUT2D eigenvalue weighted by atomic mass is 35.5. The van der Waals surface area contributed by atoms with Crippen molar-refractivity contribution in [2.75, 3.05) is 26.2 Å². The van der Waals surface area contributed by atoms with Gasteiger partial charge in [-0.05, 0) is 50.2 Å². The molecule has 10 heteroatoms. The van der Waals surface area contributed by atoms with Crippen LogP contribution in [0.15, 0.2) is 53.8 Å². The number of nitrogens with zero attached hydrogens (tertiary/aromatic N) is 5. The number of hydrogen-bond donors (Lipinski definition) is 2. The van der Waals surface area contributed by atoms with Crippen molar-refractivity contribution in [3.8, 4) is 0 Å². The number of rotatable bonds is 4. The van der Waals surface area contributed by atoms with E-state index in [9.17, 15) is 9.18 Å². The molecular formula is C25H25ClFN7O. The standard InChI is InChI=1S/C25H25ClFN7O/c1-16-13-21(32-31-16)24(35)33-9-11-34(12-10-33)25(2)15-29-22(17-3-5-18(27)6-4-17)23(30-25)19-7-8-28-14-20(19)26/h3-8,13-15,30H,9-12H2,1-2H3,(H,31,32). The maximum Gasteiger partial charge on any atom is 0.274 e. The van der Waals surface area contributed by atoms with Crippen molar-refractivity contribution in [1.29, 1.82) is 0 Å². The van der Waals surface area contributed by atoms with Gasteiger partial charge in [0.1, 0.15) is 17.2 Å². The van der Waals surface area contributed by atoms with Crippen LogP contribution >= 0.6 is 11.6 Å². The van der Waals surface area contributed by atoms with Gasteiger partial charge in [-0.2, -0.15) is 5.10 Å². The van der Waals surface area contributed by atoms with Crippen LogP contribution in [-0.2, 0) is 0 Å². The van der Waals surface area contributed by atoms with Gasteiger partial charge in [-0.15, -0.1) is 0 Å². The highest BCUT2D eigenvalue weighted by Gasteiger charge is 2.38. The third-order valence-electron chi connectivity index (χ3n) is 6.37. The van der Waals surface area contributed by atoms with E-state index in [2.05, 4.69) is 25.4 Å². The third-order valence-corrected chi connectivity index (χ3v) is 6.67. The number of benzene rings is 1. The molecule has 1 amide bonds. The first kappa shape index (κ1) is 23.2. The molecule has 0 spiro atoms. The van der Waals surface area contributed by atoms with Crippen molar-refractivity contribution in [3.05, 3.63) is 82.1 Å². The number of piperazine rings is 1. The molecule has 8 nitrogen and oxygen atoms in total. The molecule has 2 aliphatic heterocycles. The lowest BCUT2D eigenvalue weighted by Gasteiger charge is -2.46. The second kappa shape index (κ2) is 9.24. The highest BCUT2D eigenvalue weighted by molar-refractivity contribution is 6.32. The zero-order valence-electron chi connectivity index (χ0n) is 19.4. The lowest BCUT2D eigenvalue weighted by molar-refractivity contribution is 0.0483. The van der Waals surface area contributed by atoms with Crippen LogP contribution in [0, 0.1) is 12.7 Å². The molecule has 4 heterocycles. The van der Waals surface area contributed by atoms with Crippen molar-refractivity contribution in [2.24, 2.45) is 4.99 Å². The minimum absolute atomic E-state index is 0.0767. The van der Waals surface area contributed by atoms with Gasteiger partial charge < -0.3 is 10.2 Å². The Labute approximate surface area is 207 Å². The van der Waals surface area contributed by atoms with Crippen LogP contribution in [0.3, 0.4) is 0 Å². The van der Waals surface area contributed by atoms with E-state index in [1.165, 1.54) is 12.1 Å². The molecule has 1 aromatic carbocycles. The van der Waals surface area contributed by atoms with E-state index in [1.807, 2.05) is 31.0 Å². The van der Waals surface area contributed by atoms with E-state index >= 15 is 0 Å². The molecule has 1 saturated heterocycles. The molecule has 2 aromatic heterocycles. The summed E-state index contributed by atoms with van der Waals surface area (Å²) in [6, 6.07) is 9.81. The van der Waals surface area contributed by atoms with Crippen LogP contribution in [0.5, 0.6) is 0 Å². The summed E-state index contributed by atoms with van der Waals surface area (Å²) in [5.74, 6) is -0.389. The predicted octanol–water partition coefficient (Wildman–Crippen LogP) is 3.58. The van der Waals surface area contributed by atoms with Crippen LogP contribution in [0.2, 0.25) is 5.02 Å². The van der Waals surface area contributed by atoms with Gasteiger partial charge in [-0.1, -0.05) is 11.6 Å². The second-order valence-electron chi connectivity index (χ2n) is 8.83. The number of aryl methyl sites for hydroxylation is 1. The molecule has 0 bridgehead atoms. The Morgan fingerprint density at radius 3 is 2.54 bits per heavy atom. The summed E-state index contributed by atoms with van der Waals surface area (Å²) in [4.78, 5) is 25.8. The Morgan fingerprint density at radius 1 is 1.14 bits per heavy atom.